The van der Waals surface area contributed by atoms with Crippen LogP contribution in [0.25, 0.3) is 0 Å². The SMILES string of the molecule is CCCN1CCC(NC(=O)c2cccnc2SCc2c(C)noc2C)CC1. The number of carbonyl (C=O) groups excluding carboxylic acids is 1. The molecule has 1 aliphatic rings. The van der Waals surface area contributed by atoms with Gasteiger partial charge in [-0.2, -0.15) is 0 Å². The molecule has 3 heterocycles. The van der Waals surface area contributed by atoms with Gasteiger partial charge in [-0.15, -0.1) is 11.8 Å². The normalized spacial score (nSPS) is 15.8. The van der Waals surface area contributed by atoms with Crippen LogP contribution in [0, 0.1) is 13.8 Å². The van der Waals surface area contributed by atoms with Crippen LogP contribution < -0.4 is 5.32 Å². The van der Waals surface area contributed by atoms with E-state index in [2.05, 4.69) is 27.3 Å². The van der Waals surface area contributed by atoms with Gasteiger partial charge in [0.15, 0.2) is 0 Å². The largest absolute Gasteiger partial charge is 0.361 e. The number of likely N-dealkylation sites (tertiary alicyclic amines) is 1. The molecule has 3 rings (SSSR count). The Hall–Kier alpha value is -1.86. The van der Waals surface area contributed by atoms with Crippen molar-refractivity contribution in [1.82, 2.24) is 20.4 Å². The summed E-state index contributed by atoms with van der Waals surface area (Å²) in [6.45, 7) is 9.30. The molecule has 7 heteroatoms. The van der Waals surface area contributed by atoms with Crippen LogP contribution in [0.15, 0.2) is 27.9 Å². The van der Waals surface area contributed by atoms with Gasteiger partial charge >= 0.3 is 0 Å². The van der Waals surface area contributed by atoms with E-state index in [-0.39, 0.29) is 11.9 Å². The lowest BCUT2D eigenvalue weighted by atomic mass is 10.0. The van der Waals surface area contributed by atoms with Crippen LogP contribution in [-0.4, -0.2) is 46.6 Å². The van der Waals surface area contributed by atoms with Crippen LogP contribution in [0.1, 0.15) is 53.6 Å². The Morgan fingerprint density at radius 2 is 2.15 bits per heavy atom. The molecule has 146 valence electrons. The minimum absolute atomic E-state index is 0.0293. The molecule has 1 aliphatic heterocycles. The van der Waals surface area contributed by atoms with Crippen LogP contribution in [0.2, 0.25) is 0 Å². The van der Waals surface area contributed by atoms with Crippen LogP contribution in [0.4, 0.5) is 0 Å². The van der Waals surface area contributed by atoms with Gasteiger partial charge in [-0.1, -0.05) is 12.1 Å². The smallest absolute Gasteiger partial charge is 0.254 e. The van der Waals surface area contributed by atoms with Crippen molar-refractivity contribution in [3.63, 3.8) is 0 Å². The highest BCUT2D eigenvalue weighted by Crippen LogP contribution is 2.27. The monoisotopic (exact) mass is 388 g/mol. The van der Waals surface area contributed by atoms with Gasteiger partial charge in [0.25, 0.3) is 5.91 Å². The summed E-state index contributed by atoms with van der Waals surface area (Å²) in [4.78, 5) is 19.7. The van der Waals surface area contributed by atoms with E-state index in [1.165, 1.54) is 6.42 Å². The molecule has 0 aromatic carbocycles. The molecule has 0 aliphatic carbocycles. The third-order valence-electron chi connectivity index (χ3n) is 5.01. The van der Waals surface area contributed by atoms with E-state index in [9.17, 15) is 4.79 Å². The third-order valence-corrected chi connectivity index (χ3v) is 6.04. The molecular formula is C20H28N4O2S. The zero-order valence-corrected chi connectivity index (χ0v) is 17.1. The van der Waals surface area contributed by atoms with E-state index in [4.69, 9.17) is 4.52 Å². The average molecular weight is 389 g/mol. The van der Waals surface area contributed by atoms with E-state index in [1.807, 2.05) is 26.0 Å². The summed E-state index contributed by atoms with van der Waals surface area (Å²) in [6.07, 6.45) is 4.93. The van der Waals surface area contributed by atoms with Gasteiger partial charge in [0.1, 0.15) is 10.8 Å². The number of aryl methyl sites for hydroxylation is 2. The van der Waals surface area contributed by atoms with Crippen LogP contribution in [0.5, 0.6) is 0 Å². The first kappa shape index (κ1) is 19.9. The molecule has 0 spiro atoms. The van der Waals surface area contributed by atoms with Crippen LogP contribution in [0.3, 0.4) is 0 Å². The summed E-state index contributed by atoms with van der Waals surface area (Å²) in [7, 11) is 0. The van der Waals surface area contributed by atoms with E-state index in [0.717, 1.165) is 54.5 Å². The van der Waals surface area contributed by atoms with Gasteiger partial charge in [0.05, 0.1) is 11.3 Å². The maximum atomic E-state index is 12.8. The molecule has 6 nitrogen and oxygen atoms in total. The predicted octanol–water partition coefficient (Wildman–Crippen LogP) is 3.58. The number of aromatic nitrogens is 2. The number of hydrogen-bond donors (Lipinski definition) is 1. The molecule has 2 aromatic rings. The summed E-state index contributed by atoms with van der Waals surface area (Å²) in [6, 6.07) is 3.91. The molecule has 0 bridgehead atoms. The molecule has 1 fully saturated rings. The number of carbonyl (C=O) groups is 1. The molecule has 0 unspecified atom stereocenters. The Kier molecular flexibility index (Phi) is 6.90. The molecule has 27 heavy (non-hydrogen) atoms. The van der Waals surface area contributed by atoms with E-state index in [0.29, 0.717) is 11.3 Å². The second kappa shape index (κ2) is 9.37. The lowest BCUT2D eigenvalue weighted by Crippen LogP contribution is -2.44. The number of thioether (sulfide) groups is 1. The minimum atomic E-state index is -0.0293. The fourth-order valence-electron chi connectivity index (χ4n) is 3.41. The van der Waals surface area contributed by atoms with Crippen molar-refractivity contribution in [3.05, 3.63) is 40.9 Å². The predicted molar refractivity (Wildman–Crippen MR) is 107 cm³/mol. The third kappa shape index (κ3) is 5.11. The van der Waals surface area contributed by atoms with Gasteiger partial charge in [-0.05, 0) is 51.8 Å². The Morgan fingerprint density at radius 1 is 1.37 bits per heavy atom. The molecule has 1 N–H and O–H groups in total. The fourth-order valence-corrected chi connectivity index (χ4v) is 4.55. The fraction of sp³-hybridized carbons (Fsp3) is 0.550. The molecule has 1 saturated heterocycles. The molecule has 0 radical (unpaired) electrons. The molecular weight excluding hydrogens is 360 g/mol. The zero-order chi connectivity index (χ0) is 19.2. The number of nitrogens with zero attached hydrogens (tertiary/aromatic N) is 3. The number of pyridine rings is 1. The Bertz CT molecular complexity index is 750. The van der Waals surface area contributed by atoms with Crippen LogP contribution in [-0.2, 0) is 5.75 Å². The molecule has 0 atom stereocenters. The number of nitrogens with one attached hydrogen (secondary N) is 1. The molecule has 2 aromatic heterocycles. The highest BCUT2D eigenvalue weighted by Gasteiger charge is 2.22. The summed E-state index contributed by atoms with van der Waals surface area (Å²) in [5.74, 6) is 1.48. The van der Waals surface area contributed by atoms with Crippen LogP contribution >= 0.6 is 11.8 Å². The Balaban J connectivity index is 1.61. The van der Waals surface area contributed by atoms with Crippen molar-refractivity contribution >= 4 is 17.7 Å². The lowest BCUT2D eigenvalue weighted by Gasteiger charge is -2.32. The first-order valence-electron chi connectivity index (χ1n) is 9.61. The van der Waals surface area contributed by atoms with E-state index < -0.39 is 0 Å². The van der Waals surface area contributed by atoms with Crippen molar-refractivity contribution in [2.75, 3.05) is 19.6 Å². The maximum absolute atomic E-state index is 12.8. The summed E-state index contributed by atoms with van der Waals surface area (Å²) < 4.78 is 5.22. The molecule has 1 amide bonds. The van der Waals surface area contributed by atoms with Crippen molar-refractivity contribution in [3.8, 4) is 0 Å². The minimum Gasteiger partial charge on any atom is -0.361 e. The topological polar surface area (TPSA) is 71.3 Å². The van der Waals surface area contributed by atoms with Gasteiger partial charge in [-0.25, -0.2) is 4.98 Å². The second-order valence-corrected chi connectivity index (χ2v) is 8.00. The number of amides is 1. The first-order valence-corrected chi connectivity index (χ1v) is 10.6. The van der Waals surface area contributed by atoms with Crippen molar-refractivity contribution in [2.24, 2.45) is 0 Å². The number of rotatable bonds is 7. The van der Waals surface area contributed by atoms with Gasteiger partial charge in [0.2, 0.25) is 0 Å². The highest BCUT2D eigenvalue weighted by molar-refractivity contribution is 7.98. The Labute approximate surface area is 165 Å². The number of piperidine rings is 1. The number of hydrogen-bond acceptors (Lipinski definition) is 6. The highest BCUT2D eigenvalue weighted by atomic mass is 32.2. The van der Waals surface area contributed by atoms with Gasteiger partial charge in [-0.3, -0.25) is 4.79 Å². The maximum Gasteiger partial charge on any atom is 0.254 e. The lowest BCUT2D eigenvalue weighted by molar-refractivity contribution is 0.0907. The second-order valence-electron chi connectivity index (χ2n) is 7.04. The summed E-state index contributed by atoms with van der Waals surface area (Å²) >= 11 is 1.55. The zero-order valence-electron chi connectivity index (χ0n) is 16.3. The average Bonchev–Trinajstić information content (AvgIpc) is 3.00. The standard InChI is InChI=1S/C20H28N4O2S/c1-4-10-24-11-7-16(8-12-24)22-19(25)17-6-5-9-21-20(17)27-13-18-14(2)23-26-15(18)3/h5-6,9,16H,4,7-8,10-13H2,1-3H3,(H,22,25). The van der Waals surface area contributed by atoms with Gasteiger partial charge in [0, 0.05) is 36.6 Å². The van der Waals surface area contributed by atoms with Crippen molar-refractivity contribution < 1.29 is 9.32 Å². The Morgan fingerprint density at radius 3 is 2.81 bits per heavy atom. The summed E-state index contributed by atoms with van der Waals surface area (Å²) in [5, 5.41) is 7.94. The van der Waals surface area contributed by atoms with Gasteiger partial charge < -0.3 is 14.7 Å². The summed E-state index contributed by atoms with van der Waals surface area (Å²) in [5.41, 5.74) is 2.60. The first-order chi connectivity index (χ1) is 13.1. The van der Waals surface area contributed by atoms with Crippen molar-refractivity contribution in [2.45, 2.75) is 56.9 Å². The molecule has 0 saturated carbocycles. The quantitative estimate of drug-likeness (QED) is 0.731. The van der Waals surface area contributed by atoms with E-state index >= 15 is 0 Å². The van der Waals surface area contributed by atoms with Crippen molar-refractivity contribution in [1.29, 1.82) is 0 Å². The van der Waals surface area contributed by atoms with E-state index in [1.54, 1.807) is 18.0 Å².